The van der Waals surface area contributed by atoms with Crippen LogP contribution in [0, 0.1) is 11.8 Å². The van der Waals surface area contributed by atoms with E-state index in [0.29, 0.717) is 11.8 Å². The summed E-state index contributed by atoms with van der Waals surface area (Å²) < 4.78 is 0. The Morgan fingerprint density at radius 2 is 1.80 bits per heavy atom. The van der Waals surface area contributed by atoms with Gasteiger partial charge in [-0.1, -0.05) is 34.1 Å². The van der Waals surface area contributed by atoms with Crippen molar-refractivity contribution in [1.82, 2.24) is 15.3 Å². The van der Waals surface area contributed by atoms with Crippen molar-refractivity contribution in [2.24, 2.45) is 11.8 Å². The molecule has 0 aliphatic heterocycles. The number of hydrogen-bond acceptors (Lipinski definition) is 4. The van der Waals surface area contributed by atoms with Crippen molar-refractivity contribution in [3.05, 3.63) is 18.0 Å². The van der Waals surface area contributed by atoms with Crippen molar-refractivity contribution in [2.75, 3.05) is 24.5 Å². The van der Waals surface area contributed by atoms with Crippen LogP contribution in [0.3, 0.4) is 0 Å². The van der Waals surface area contributed by atoms with Crippen molar-refractivity contribution in [3.8, 4) is 0 Å². The largest absolute Gasteiger partial charge is 0.341 e. The first-order valence-corrected chi connectivity index (χ1v) is 7.83. The minimum atomic E-state index is 0.668. The Labute approximate surface area is 124 Å². The molecule has 20 heavy (non-hydrogen) atoms. The Kier molecular flexibility index (Phi) is 7.52. The SMILES string of the molecule is CCC(C)CN(CC)c1ncc(CNCC(C)C)cn1. The molecule has 0 aromatic carbocycles. The van der Waals surface area contributed by atoms with Crippen molar-refractivity contribution >= 4 is 5.95 Å². The van der Waals surface area contributed by atoms with E-state index in [9.17, 15) is 0 Å². The lowest BCUT2D eigenvalue weighted by Gasteiger charge is -2.23. The third kappa shape index (κ3) is 5.87. The van der Waals surface area contributed by atoms with Crippen LogP contribution in [0.2, 0.25) is 0 Å². The van der Waals surface area contributed by atoms with Crippen molar-refractivity contribution in [3.63, 3.8) is 0 Å². The first kappa shape index (κ1) is 16.9. The molecule has 0 spiro atoms. The molecular weight excluding hydrogens is 248 g/mol. The number of nitrogens with one attached hydrogen (secondary N) is 1. The predicted octanol–water partition coefficient (Wildman–Crippen LogP) is 3.09. The smallest absolute Gasteiger partial charge is 0.225 e. The Bertz CT molecular complexity index is 361. The van der Waals surface area contributed by atoms with Crippen LogP contribution in [0.4, 0.5) is 5.95 Å². The van der Waals surface area contributed by atoms with Gasteiger partial charge >= 0.3 is 0 Å². The van der Waals surface area contributed by atoms with Crippen molar-refractivity contribution < 1.29 is 0 Å². The third-order valence-corrected chi connectivity index (χ3v) is 3.47. The van der Waals surface area contributed by atoms with Gasteiger partial charge in [-0.05, 0) is 25.3 Å². The average molecular weight is 278 g/mol. The van der Waals surface area contributed by atoms with Crippen LogP contribution in [0.5, 0.6) is 0 Å². The van der Waals surface area contributed by atoms with Gasteiger partial charge in [0.15, 0.2) is 0 Å². The lowest BCUT2D eigenvalue weighted by molar-refractivity contribution is 0.540. The molecule has 4 nitrogen and oxygen atoms in total. The highest BCUT2D eigenvalue weighted by Gasteiger charge is 2.10. The summed E-state index contributed by atoms with van der Waals surface area (Å²) in [6, 6.07) is 0. The minimum Gasteiger partial charge on any atom is -0.341 e. The maximum atomic E-state index is 4.51. The van der Waals surface area contributed by atoms with Gasteiger partial charge in [0.2, 0.25) is 5.95 Å². The highest BCUT2D eigenvalue weighted by molar-refractivity contribution is 5.29. The number of hydrogen-bond donors (Lipinski definition) is 1. The van der Waals surface area contributed by atoms with Gasteiger partial charge in [0.25, 0.3) is 0 Å². The van der Waals surface area contributed by atoms with E-state index in [4.69, 9.17) is 0 Å². The fourth-order valence-corrected chi connectivity index (χ4v) is 1.97. The second-order valence-electron chi connectivity index (χ2n) is 5.97. The molecule has 1 N–H and O–H groups in total. The van der Waals surface area contributed by atoms with Crippen molar-refractivity contribution in [1.29, 1.82) is 0 Å². The van der Waals surface area contributed by atoms with Gasteiger partial charge in [0.1, 0.15) is 0 Å². The minimum absolute atomic E-state index is 0.668. The Hall–Kier alpha value is -1.16. The molecule has 0 aliphatic carbocycles. The molecule has 1 aromatic heterocycles. The van der Waals surface area contributed by atoms with Crippen molar-refractivity contribution in [2.45, 2.75) is 47.6 Å². The highest BCUT2D eigenvalue weighted by Crippen LogP contribution is 2.11. The number of aromatic nitrogens is 2. The summed E-state index contributed by atoms with van der Waals surface area (Å²) in [7, 11) is 0. The molecule has 1 heterocycles. The molecule has 0 saturated carbocycles. The van der Waals surface area contributed by atoms with E-state index in [2.05, 4.69) is 54.8 Å². The second kappa shape index (κ2) is 8.90. The standard InChI is InChI=1S/C16H30N4/c1-6-14(5)12-20(7-2)16-18-10-15(11-19-16)9-17-8-13(3)4/h10-11,13-14,17H,6-9,12H2,1-5H3. The third-order valence-electron chi connectivity index (χ3n) is 3.47. The Balaban J connectivity index is 2.55. The fourth-order valence-electron chi connectivity index (χ4n) is 1.97. The zero-order valence-corrected chi connectivity index (χ0v) is 13.7. The number of nitrogens with zero attached hydrogens (tertiary/aromatic N) is 3. The quantitative estimate of drug-likeness (QED) is 0.753. The van der Waals surface area contributed by atoms with E-state index in [0.717, 1.165) is 37.7 Å². The zero-order valence-electron chi connectivity index (χ0n) is 13.7. The van der Waals surface area contributed by atoms with E-state index in [1.807, 2.05) is 12.4 Å². The molecule has 0 fully saturated rings. The van der Waals surface area contributed by atoms with E-state index >= 15 is 0 Å². The lowest BCUT2D eigenvalue weighted by atomic mass is 10.1. The predicted molar refractivity (Wildman–Crippen MR) is 85.9 cm³/mol. The van der Waals surface area contributed by atoms with E-state index in [1.54, 1.807) is 0 Å². The van der Waals surface area contributed by atoms with Gasteiger partial charge in [-0.2, -0.15) is 0 Å². The summed E-state index contributed by atoms with van der Waals surface area (Å²) in [5.41, 5.74) is 1.15. The summed E-state index contributed by atoms with van der Waals surface area (Å²) >= 11 is 0. The van der Waals surface area contributed by atoms with Gasteiger partial charge in [-0.25, -0.2) is 9.97 Å². The maximum absolute atomic E-state index is 4.51. The maximum Gasteiger partial charge on any atom is 0.225 e. The normalized spacial score (nSPS) is 12.7. The molecule has 0 radical (unpaired) electrons. The summed E-state index contributed by atoms with van der Waals surface area (Å²) in [6.45, 7) is 14.9. The molecule has 0 saturated heterocycles. The average Bonchev–Trinajstić information content (AvgIpc) is 2.45. The van der Waals surface area contributed by atoms with Crippen LogP contribution in [0.25, 0.3) is 0 Å². The van der Waals surface area contributed by atoms with E-state index in [-0.39, 0.29) is 0 Å². The fraction of sp³-hybridized carbons (Fsp3) is 0.750. The van der Waals surface area contributed by atoms with Crippen LogP contribution in [0.15, 0.2) is 12.4 Å². The molecule has 0 bridgehead atoms. The molecule has 1 rings (SSSR count). The molecular formula is C16H30N4. The van der Waals surface area contributed by atoms with Gasteiger partial charge in [-0.15, -0.1) is 0 Å². The van der Waals surface area contributed by atoms with E-state index < -0.39 is 0 Å². The number of rotatable bonds is 9. The van der Waals surface area contributed by atoms with Crippen LogP contribution in [-0.2, 0) is 6.54 Å². The molecule has 1 aromatic rings. The molecule has 4 heteroatoms. The molecule has 1 atom stereocenters. The monoisotopic (exact) mass is 278 g/mol. The van der Waals surface area contributed by atoms with Gasteiger partial charge in [-0.3, -0.25) is 0 Å². The summed E-state index contributed by atoms with van der Waals surface area (Å²) in [5, 5.41) is 3.41. The first-order valence-electron chi connectivity index (χ1n) is 7.83. The molecule has 114 valence electrons. The summed E-state index contributed by atoms with van der Waals surface area (Å²) in [4.78, 5) is 11.3. The van der Waals surface area contributed by atoms with Crippen LogP contribution in [0.1, 0.15) is 46.6 Å². The summed E-state index contributed by atoms with van der Waals surface area (Å²) in [5.74, 6) is 2.19. The van der Waals surface area contributed by atoms with Gasteiger partial charge in [0, 0.05) is 37.6 Å². The Morgan fingerprint density at radius 3 is 2.30 bits per heavy atom. The Morgan fingerprint density at radius 1 is 1.15 bits per heavy atom. The lowest BCUT2D eigenvalue weighted by Crippen LogP contribution is -2.29. The summed E-state index contributed by atoms with van der Waals surface area (Å²) in [6.07, 6.45) is 5.07. The van der Waals surface area contributed by atoms with Gasteiger partial charge < -0.3 is 10.2 Å². The van der Waals surface area contributed by atoms with Gasteiger partial charge in [0.05, 0.1) is 0 Å². The second-order valence-corrected chi connectivity index (χ2v) is 5.97. The number of anilines is 1. The topological polar surface area (TPSA) is 41.1 Å². The van der Waals surface area contributed by atoms with Crippen LogP contribution in [-0.4, -0.2) is 29.6 Å². The van der Waals surface area contributed by atoms with E-state index in [1.165, 1.54) is 6.42 Å². The van der Waals surface area contributed by atoms with Crippen LogP contribution >= 0.6 is 0 Å². The molecule has 0 aliphatic rings. The zero-order chi connectivity index (χ0) is 15.0. The van der Waals surface area contributed by atoms with Crippen LogP contribution < -0.4 is 10.2 Å². The molecule has 1 unspecified atom stereocenters. The highest BCUT2D eigenvalue weighted by atomic mass is 15.2. The molecule has 0 amide bonds. The first-order chi connectivity index (χ1) is 9.56.